The fourth-order valence-electron chi connectivity index (χ4n) is 2.84. The first-order chi connectivity index (χ1) is 14.8. The van der Waals surface area contributed by atoms with Crippen LogP contribution < -0.4 is 14.2 Å². The van der Waals surface area contributed by atoms with Crippen molar-refractivity contribution in [3.63, 3.8) is 0 Å². The minimum atomic E-state index is 0.257. The monoisotopic (exact) mass is 399 g/mol. The van der Waals surface area contributed by atoms with Crippen LogP contribution in [0.1, 0.15) is 11.1 Å². The fourth-order valence-corrected chi connectivity index (χ4v) is 2.84. The lowest BCUT2D eigenvalue weighted by molar-refractivity contribution is 0.259. The van der Waals surface area contributed by atoms with Gasteiger partial charge in [-0.2, -0.15) is 4.98 Å². The molecule has 0 radical (unpaired) electrons. The summed E-state index contributed by atoms with van der Waals surface area (Å²) in [5.41, 5.74) is 3.64. The maximum absolute atomic E-state index is 6.04. The molecule has 0 fully saturated rings. The Labute approximate surface area is 175 Å². The molecule has 30 heavy (non-hydrogen) atoms. The Kier molecular flexibility index (Phi) is 6.15. The second-order valence-corrected chi connectivity index (χ2v) is 6.51. The van der Waals surface area contributed by atoms with E-state index in [0.717, 1.165) is 22.3 Å². The second kappa shape index (κ2) is 9.52. The van der Waals surface area contributed by atoms with Gasteiger partial charge in [-0.25, -0.2) is 9.97 Å². The normalized spacial score (nSPS) is 10.4. The number of pyridine rings is 1. The number of nitrogens with zero attached hydrogens (tertiary/aromatic N) is 3. The minimum absolute atomic E-state index is 0.257. The number of hydrogen-bond acceptors (Lipinski definition) is 6. The summed E-state index contributed by atoms with van der Waals surface area (Å²) >= 11 is 0. The SMILES string of the molecule is COc1ccc(-c2cnc(OCc3ccccc3)nc2OCc2ccccc2)cn1. The van der Waals surface area contributed by atoms with Crippen molar-refractivity contribution >= 4 is 0 Å². The maximum atomic E-state index is 6.04. The Bertz CT molecular complexity index is 1070. The summed E-state index contributed by atoms with van der Waals surface area (Å²) in [4.78, 5) is 13.1. The third-order valence-corrected chi connectivity index (χ3v) is 4.42. The first-order valence-corrected chi connectivity index (χ1v) is 9.53. The van der Waals surface area contributed by atoms with Crippen LogP contribution in [0, 0.1) is 0 Å². The van der Waals surface area contributed by atoms with Gasteiger partial charge in [0.15, 0.2) is 0 Å². The predicted octanol–water partition coefficient (Wildman–Crippen LogP) is 4.71. The van der Waals surface area contributed by atoms with E-state index < -0.39 is 0 Å². The van der Waals surface area contributed by atoms with E-state index in [1.54, 1.807) is 25.6 Å². The lowest BCUT2D eigenvalue weighted by Crippen LogP contribution is -2.04. The van der Waals surface area contributed by atoms with E-state index in [9.17, 15) is 0 Å². The highest BCUT2D eigenvalue weighted by molar-refractivity contribution is 5.67. The van der Waals surface area contributed by atoms with Gasteiger partial charge >= 0.3 is 6.01 Å². The molecule has 2 aromatic heterocycles. The van der Waals surface area contributed by atoms with Crippen LogP contribution in [0.15, 0.2) is 85.2 Å². The summed E-state index contributed by atoms with van der Waals surface area (Å²) in [6.45, 7) is 0.759. The van der Waals surface area contributed by atoms with Crippen molar-refractivity contribution in [3.8, 4) is 28.9 Å². The summed E-state index contributed by atoms with van der Waals surface area (Å²) in [6.07, 6.45) is 3.40. The van der Waals surface area contributed by atoms with Crippen molar-refractivity contribution in [1.82, 2.24) is 15.0 Å². The van der Waals surface area contributed by atoms with Crippen molar-refractivity contribution in [1.29, 1.82) is 0 Å². The van der Waals surface area contributed by atoms with Gasteiger partial charge in [0, 0.05) is 24.0 Å². The van der Waals surface area contributed by atoms with Crippen LogP contribution in [0.5, 0.6) is 17.8 Å². The van der Waals surface area contributed by atoms with Crippen molar-refractivity contribution in [3.05, 3.63) is 96.3 Å². The molecule has 4 rings (SSSR count). The minimum Gasteiger partial charge on any atom is -0.481 e. The molecular weight excluding hydrogens is 378 g/mol. The van der Waals surface area contributed by atoms with Gasteiger partial charge in [-0.15, -0.1) is 0 Å². The molecule has 4 aromatic rings. The van der Waals surface area contributed by atoms with Gasteiger partial charge in [-0.05, 0) is 17.2 Å². The number of benzene rings is 2. The number of rotatable bonds is 8. The Morgan fingerprint density at radius 1 is 0.700 bits per heavy atom. The summed E-state index contributed by atoms with van der Waals surface area (Å²) in [6, 6.07) is 23.7. The molecule has 0 saturated heterocycles. The molecule has 0 unspecified atom stereocenters. The molecule has 2 heterocycles. The van der Waals surface area contributed by atoms with E-state index in [2.05, 4.69) is 15.0 Å². The highest BCUT2D eigenvalue weighted by Crippen LogP contribution is 2.30. The zero-order chi connectivity index (χ0) is 20.6. The molecule has 2 aromatic carbocycles. The molecule has 0 aliphatic rings. The highest BCUT2D eigenvalue weighted by Gasteiger charge is 2.13. The summed E-state index contributed by atoms with van der Waals surface area (Å²) in [7, 11) is 1.58. The van der Waals surface area contributed by atoms with Crippen LogP contribution in [0.2, 0.25) is 0 Å². The van der Waals surface area contributed by atoms with Crippen molar-refractivity contribution in [2.75, 3.05) is 7.11 Å². The fraction of sp³-hybridized carbons (Fsp3) is 0.125. The van der Waals surface area contributed by atoms with Crippen LogP contribution >= 0.6 is 0 Å². The standard InChI is InChI=1S/C24H21N3O3/c1-28-22-13-12-20(14-25-22)21-15-26-24(30-17-19-10-6-3-7-11-19)27-23(21)29-16-18-8-4-2-5-9-18/h2-15H,16-17H2,1H3. The van der Waals surface area contributed by atoms with Crippen LogP contribution in [-0.4, -0.2) is 22.1 Å². The van der Waals surface area contributed by atoms with E-state index in [1.165, 1.54) is 0 Å². The maximum Gasteiger partial charge on any atom is 0.320 e. The van der Waals surface area contributed by atoms with Crippen molar-refractivity contribution < 1.29 is 14.2 Å². The van der Waals surface area contributed by atoms with Gasteiger partial charge in [0.1, 0.15) is 13.2 Å². The number of methoxy groups -OCH3 is 1. The third-order valence-electron chi connectivity index (χ3n) is 4.42. The van der Waals surface area contributed by atoms with Gasteiger partial charge in [0.25, 0.3) is 0 Å². The average Bonchev–Trinajstić information content (AvgIpc) is 2.83. The van der Waals surface area contributed by atoms with Crippen LogP contribution in [0.3, 0.4) is 0 Å². The Balaban J connectivity index is 1.58. The van der Waals surface area contributed by atoms with Crippen LogP contribution in [0.4, 0.5) is 0 Å². The number of aromatic nitrogens is 3. The Morgan fingerprint density at radius 2 is 1.37 bits per heavy atom. The van der Waals surface area contributed by atoms with Gasteiger partial charge in [0.05, 0.1) is 12.7 Å². The summed E-state index contributed by atoms with van der Waals surface area (Å²) in [5.74, 6) is 0.970. The molecule has 6 heteroatoms. The van der Waals surface area contributed by atoms with Crippen molar-refractivity contribution in [2.24, 2.45) is 0 Å². The van der Waals surface area contributed by atoms with E-state index in [1.807, 2.05) is 66.7 Å². The zero-order valence-electron chi connectivity index (χ0n) is 16.6. The largest absolute Gasteiger partial charge is 0.481 e. The van der Waals surface area contributed by atoms with Crippen LogP contribution in [-0.2, 0) is 13.2 Å². The Morgan fingerprint density at radius 3 is 1.97 bits per heavy atom. The lowest BCUT2D eigenvalue weighted by atomic mass is 10.1. The quantitative estimate of drug-likeness (QED) is 0.428. The average molecular weight is 399 g/mol. The Hall–Kier alpha value is -3.93. The molecule has 0 aliphatic carbocycles. The highest BCUT2D eigenvalue weighted by atomic mass is 16.5. The molecule has 0 amide bonds. The first-order valence-electron chi connectivity index (χ1n) is 9.53. The molecule has 0 atom stereocenters. The predicted molar refractivity (Wildman–Crippen MR) is 113 cm³/mol. The van der Waals surface area contributed by atoms with E-state index in [4.69, 9.17) is 14.2 Å². The van der Waals surface area contributed by atoms with Crippen LogP contribution in [0.25, 0.3) is 11.1 Å². The van der Waals surface area contributed by atoms with Gasteiger partial charge in [-0.3, -0.25) is 0 Å². The lowest BCUT2D eigenvalue weighted by Gasteiger charge is -2.12. The third kappa shape index (κ3) is 4.91. The zero-order valence-corrected chi connectivity index (χ0v) is 16.6. The van der Waals surface area contributed by atoms with Gasteiger partial charge < -0.3 is 14.2 Å². The van der Waals surface area contributed by atoms with Gasteiger partial charge in [0.2, 0.25) is 11.8 Å². The number of hydrogen-bond donors (Lipinski definition) is 0. The van der Waals surface area contributed by atoms with E-state index in [-0.39, 0.29) is 6.01 Å². The molecule has 0 bridgehead atoms. The van der Waals surface area contributed by atoms with E-state index >= 15 is 0 Å². The first kappa shape index (κ1) is 19.4. The van der Waals surface area contributed by atoms with Gasteiger partial charge in [-0.1, -0.05) is 60.7 Å². The smallest absolute Gasteiger partial charge is 0.320 e. The molecule has 0 saturated carbocycles. The number of ether oxygens (including phenoxy) is 3. The molecule has 150 valence electrons. The topological polar surface area (TPSA) is 66.4 Å². The molecule has 0 spiro atoms. The second-order valence-electron chi connectivity index (χ2n) is 6.51. The molecular formula is C24H21N3O3. The molecule has 0 N–H and O–H groups in total. The van der Waals surface area contributed by atoms with E-state index in [0.29, 0.717) is 25.0 Å². The summed E-state index contributed by atoms with van der Waals surface area (Å²) < 4.78 is 17.0. The molecule has 6 nitrogen and oxygen atoms in total. The van der Waals surface area contributed by atoms with Crippen molar-refractivity contribution in [2.45, 2.75) is 13.2 Å². The summed E-state index contributed by atoms with van der Waals surface area (Å²) in [5, 5.41) is 0. The molecule has 0 aliphatic heterocycles.